The van der Waals surface area contributed by atoms with Crippen molar-refractivity contribution in [1.29, 1.82) is 0 Å². The maximum Gasteiger partial charge on any atom is 0.341 e. The number of halogens is 1. The Hall–Kier alpha value is -2.85. The fourth-order valence-electron chi connectivity index (χ4n) is 2.87. The second-order valence-corrected chi connectivity index (χ2v) is 7.69. The standard InChI is InChI=1S/C19H15BrN4O4S/c1-29-19-22-18-16(23-24-19)12-8-10(20)6-7-13(12)21-17(28-18)11-4-2-3-5-14(11)27-9-15(25)26/h2-8,17,21H,9H2,1H3,(H,25,26)/t17-/m1/s1. The molecule has 0 bridgehead atoms. The molecule has 3 aromatic rings. The monoisotopic (exact) mass is 474 g/mol. The largest absolute Gasteiger partial charge is 0.481 e. The van der Waals surface area contributed by atoms with E-state index in [0.717, 1.165) is 15.7 Å². The van der Waals surface area contributed by atoms with E-state index in [1.165, 1.54) is 11.8 Å². The third-order valence-electron chi connectivity index (χ3n) is 4.12. The van der Waals surface area contributed by atoms with E-state index in [4.69, 9.17) is 14.6 Å². The molecular weight excluding hydrogens is 460 g/mol. The Morgan fingerprint density at radius 3 is 2.93 bits per heavy atom. The van der Waals surface area contributed by atoms with Crippen molar-refractivity contribution in [3.05, 3.63) is 52.5 Å². The summed E-state index contributed by atoms with van der Waals surface area (Å²) in [6.45, 7) is -0.454. The molecule has 0 unspecified atom stereocenters. The molecule has 0 saturated heterocycles. The lowest BCUT2D eigenvalue weighted by Crippen LogP contribution is -2.19. The number of benzene rings is 2. The highest BCUT2D eigenvalue weighted by atomic mass is 79.9. The molecule has 0 amide bonds. The van der Waals surface area contributed by atoms with Crippen LogP contribution in [0.5, 0.6) is 11.6 Å². The Morgan fingerprint density at radius 2 is 2.14 bits per heavy atom. The van der Waals surface area contributed by atoms with Crippen molar-refractivity contribution < 1.29 is 19.4 Å². The smallest absolute Gasteiger partial charge is 0.341 e. The third kappa shape index (κ3) is 4.13. The van der Waals surface area contributed by atoms with Gasteiger partial charge in [0, 0.05) is 15.7 Å². The van der Waals surface area contributed by atoms with E-state index in [1.54, 1.807) is 12.1 Å². The maximum atomic E-state index is 10.9. The van der Waals surface area contributed by atoms with Gasteiger partial charge in [-0.2, -0.15) is 4.98 Å². The van der Waals surface area contributed by atoms with Crippen LogP contribution in [-0.2, 0) is 4.79 Å². The fourth-order valence-corrected chi connectivity index (χ4v) is 3.52. The molecule has 1 aliphatic heterocycles. The van der Waals surface area contributed by atoms with Gasteiger partial charge in [-0.05, 0) is 36.6 Å². The van der Waals surface area contributed by atoms with Crippen LogP contribution in [0.4, 0.5) is 5.69 Å². The van der Waals surface area contributed by atoms with Gasteiger partial charge in [0.2, 0.25) is 17.3 Å². The van der Waals surface area contributed by atoms with Crippen molar-refractivity contribution in [2.75, 3.05) is 18.2 Å². The van der Waals surface area contributed by atoms with Gasteiger partial charge in [0.1, 0.15) is 5.75 Å². The number of fused-ring (bicyclic) bond motifs is 3. The molecule has 148 valence electrons. The quantitative estimate of drug-likeness (QED) is 0.530. The SMILES string of the molecule is CSc1nnc2c(n1)O[C@H](c1ccccc1OCC(=O)O)Nc1ccc(Br)cc1-2. The summed E-state index contributed by atoms with van der Waals surface area (Å²) in [6, 6.07) is 12.8. The van der Waals surface area contributed by atoms with E-state index in [1.807, 2.05) is 36.6 Å². The Bertz CT molecular complexity index is 1080. The number of anilines is 1. The number of hydrogen-bond donors (Lipinski definition) is 2. The second-order valence-electron chi connectivity index (χ2n) is 6.00. The van der Waals surface area contributed by atoms with Gasteiger partial charge in [-0.15, -0.1) is 10.2 Å². The summed E-state index contributed by atoms with van der Waals surface area (Å²) in [6.07, 6.45) is 1.18. The molecule has 2 heterocycles. The van der Waals surface area contributed by atoms with Crippen molar-refractivity contribution in [1.82, 2.24) is 15.2 Å². The van der Waals surface area contributed by atoms with E-state index >= 15 is 0 Å². The Morgan fingerprint density at radius 1 is 1.31 bits per heavy atom. The zero-order valence-corrected chi connectivity index (χ0v) is 17.5. The minimum atomic E-state index is -1.06. The first kappa shape index (κ1) is 19.5. The molecular formula is C19H15BrN4O4S. The van der Waals surface area contributed by atoms with Crippen LogP contribution in [0.25, 0.3) is 11.3 Å². The molecule has 4 rings (SSSR count). The molecule has 2 aromatic carbocycles. The molecule has 2 N–H and O–H groups in total. The predicted molar refractivity (Wildman–Crippen MR) is 111 cm³/mol. The van der Waals surface area contributed by atoms with Gasteiger partial charge in [-0.3, -0.25) is 0 Å². The molecule has 0 spiro atoms. The summed E-state index contributed by atoms with van der Waals surface area (Å²) in [5, 5.41) is 21.2. The molecule has 0 radical (unpaired) electrons. The van der Waals surface area contributed by atoms with Crippen LogP contribution in [0.15, 0.2) is 52.1 Å². The van der Waals surface area contributed by atoms with E-state index < -0.39 is 18.8 Å². The number of nitrogens with zero attached hydrogens (tertiary/aromatic N) is 3. The molecule has 29 heavy (non-hydrogen) atoms. The number of aliphatic carboxylic acids is 1. The molecule has 1 atom stereocenters. The summed E-state index contributed by atoms with van der Waals surface area (Å²) in [7, 11) is 0. The molecule has 0 aliphatic carbocycles. The number of hydrogen-bond acceptors (Lipinski definition) is 8. The van der Waals surface area contributed by atoms with Gasteiger partial charge in [0.05, 0.1) is 5.56 Å². The van der Waals surface area contributed by atoms with E-state index in [-0.39, 0.29) is 0 Å². The lowest BCUT2D eigenvalue weighted by atomic mass is 10.1. The summed E-state index contributed by atoms with van der Waals surface area (Å²) < 4.78 is 12.5. The highest BCUT2D eigenvalue weighted by Gasteiger charge is 2.28. The molecule has 0 fully saturated rings. The average molecular weight is 475 g/mol. The summed E-state index contributed by atoms with van der Waals surface area (Å²) in [4.78, 5) is 15.4. The Labute approximate surface area is 178 Å². The minimum absolute atomic E-state index is 0.326. The first-order chi connectivity index (χ1) is 14.0. The number of rotatable bonds is 5. The predicted octanol–water partition coefficient (Wildman–Crippen LogP) is 3.99. The summed E-state index contributed by atoms with van der Waals surface area (Å²) >= 11 is 4.84. The van der Waals surface area contributed by atoms with Crippen LogP contribution in [0, 0.1) is 0 Å². The van der Waals surface area contributed by atoms with Crippen LogP contribution in [-0.4, -0.2) is 39.1 Å². The first-order valence-electron chi connectivity index (χ1n) is 8.50. The Kier molecular flexibility index (Phi) is 5.54. The second kappa shape index (κ2) is 8.26. The van der Waals surface area contributed by atoms with E-state index in [9.17, 15) is 4.79 Å². The van der Waals surface area contributed by atoms with E-state index in [0.29, 0.717) is 28.0 Å². The average Bonchev–Trinajstić information content (AvgIpc) is 2.88. The molecule has 10 heteroatoms. The van der Waals surface area contributed by atoms with Crippen LogP contribution < -0.4 is 14.8 Å². The topological polar surface area (TPSA) is 106 Å². The highest BCUT2D eigenvalue weighted by molar-refractivity contribution is 9.10. The van der Waals surface area contributed by atoms with Crippen molar-refractivity contribution >= 4 is 39.3 Å². The minimum Gasteiger partial charge on any atom is -0.481 e. The van der Waals surface area contributed by atoms with Crippen LogP contribution in [0.2, 0.25) is 0 Å². The number of carboxylic acids is 1. The number of nitrogens with one attached hydrogen (secondary N) is 1. The normalized spacial score (nSPS) is 14.6. The van der Waals surface area contributed by atoms with Crippen molar-refractivity contribution in [2.45, 2.75) is 11.4 Å². The zero-order chi connectivity index (χ0) is 20.4. The number of thioether (sulfide) groups is 1. The molecule has 1 aliphatic rings. The van der Waals surface area contributed by atoms with Crippen molar-refractivity contribution in [3.8, 4) is 22.9 Å². The van der Waals surface area contributed by atoms with Gasteiger partial charge >= 0.3 is 5.97 Å². The number of para-hydroxylation sites is 1. The fraction of sp³-hybridized carbons (Fsp3) is 0.158. The van der Waals surface area contributed by atoms with Gasteiger partial charge in [0.15, 0.2) is 12.3 Å². The first-order valence-corrected chi connectivity index (χ1v) is 10.5. The summed E-state index contributed by atoms with van der Waals surface area (Å²) in [5.41, 5.74) is 2.71. The van der Waals surface area contributed by atoms with Crippen molar-refractivity contribution in [2.24, 2.45) is 0 Å². The third-order valence-corrected chi connectivity index (χ3v) is 5.15. The van der Waals surface area contributed by atoms with Crippen LogP contribution in [0.1, 0.15) is 11.8 Å². The molecule has 0 saturated carbocycles. The van der Waals surface area contributed by atoms with Gasteiger partial charge < -0.3 is 19.9 Å². The molecule has 8 nitrogen and oxygen atoms in total. The zero-order valence-electron chi connectivity index (χ0n) is 15.1. The molecule has 1 aromatic heterocycles. The van der Waals surface area contributed by atoms with Crippen LogP contribution >= 0.6 is 27.7 Å². The number of carbonyl (C=O) groups is 1. The van der Waals surface area contributed by atoms with Gasteiger partial charge in [-0.25, -0.2) is 4.79 Å². The lowest BCUT2D eigenvalue weighted by molar-refractivity contribution is -0.139. The van der Waals surface area contributed by atoms with E-state index in [2.05, 4.69) is 36.4 Å². The maximum absolute atomic E-state index is 10.9. The summed E-state index contributed by atoms with van der Waals surface area (Å²) in [5.74, 6) is -0.329. The highest BCUT2D eigenvalue weighted by Crippen LogP contribution is 2.42. The lowest BCUT2D eigenvalue weighted by Gasteiger charge is -2.21. The van der Waals surface area contributed by atoms with Gasteiger partial charge in [-0.1, -0.05) is 39.8 Å². The Balaban J connectivity index is 1.81. The van der Waals surface area contributed by atoms with Crippen LogP contribution in [0.3, 0.4) is 0 Å². The number of aromatic nitrogens is 3. The van der Waals surface area contributed by atoms with Crippen molar-refractivity contribution in [3.63, 3.8) is 0 Å². The van der Waals surface area contributed by atoms with Gasteiger partial charge in [0.25, 0.3) is 0 Å². The number of ether oxygens (including phenoxy) is 2. The number of carboxylic acid groups (broad SMARTS) is 1.